The van der Waals surface area contributed by atoms with E-state index in [0.29, 0.717) is 6.04 Å². The number of hydrogen-bond donors (Lipinski definition) is 1. The molecule has 1 aliphatic carbocycles. The molecule has 1 fully saturated rings. The molecule has 1 aromatic rings. The molecule has 0 spiro atoms. The Morgan fingerprint density at radius 3 is 2.44 bits per heavy atom. The van der Waals surface area contributed by atoms with E-state index < -0.39 is 0 Å². The van der Waals surface area contributed by atoms with E-state index in [0.717, 1.165) is 12.0 Å². The van der Waals surface area contributed by atoms with Gasteiger partial charge in [0.2, 0.25) is 0 Å². The number of rotatable bonds is 3. The van der Waals surface area contributed by atoms with Crippen LogP contribution in [-0.4, -0.2) is 6.04 Å². The van der Waals surface area contributed by atoms with Crippen molar-refractivity contribution in [1.29, 1.82) is 0 Å². The molecule has 2 unspecified atom stereocenters. The van der Waals surface area contributed by atoms with Gasteiger partial charge in [-0.3, -0.25) is 0 Å². The summed E-state index contributed by atoms with van der Waals surface area (Å²) >= 11 is 0. The lowest BCUT2D eigenvalue weighted by Crippen LogP contribution is -2.33. The first-order valence-electron chi connectivity index (χ1n) is 6.49. The standard InChI is InChI=1S/C15H23N/c1-11-7-9-14(10-8-11)13(3)16-15-6-4-5-12(15)2/h7-10,12-13,15-16H,4-6H2,1-3H3/t12?,13-,15?/m1/s1. The van der Waals surface area contributed by atoms with E-state index >= 15 is 0 Å². The summed E-state index contributed by atoms with van der Waals surface area (Å²) in [5, 5.41) is 3.76. The van der Waals surface area contributed by atoms with Crippen LogP contribution in [0.4, 0.5) is 0 Å². The summed E-state index contributed by atoms with van der Waals surface area (Å²) in [5.41, 5.74) is 2.75. The number of nitrogens with one attached hydrogen (secondary N) is 1. The van der Waals surface area contributed by atoms with E-state index in [9.17, 15) is 0 Å². The zero-order chi connectivity index (χ0) is 11.5. The van der Waals surface area contributed by atoms with Gasteiger partial charge in [-0.2, -0.15) is 0 Å². The van der Waals surface area contributed by atoms with Gasteiger partial charge in [-0.1, -0.05) is 43.2 Å². The van der Waals surface area contributed by atoms with Crippen LogP contribution in [0.15, 0.2) is 24.3 Å². The molecule has 0 aromatic heterocycles. The average Bonchev–Trinajstić information content (AvgIpc) is 2.65. The second-order valence-corrected chi connectivity index (χ2v) is 5.31. The predicted octanol–water partition coefficient (Wildman–Crippen LogP) is 3.83. The average molecular weight is 217 g/mol. The van der Waals surface area contributed by atoms with Gasteiger partial charge >= 0.3 is 0 Å². The molecule has 1 saturated carbocycles. The molecule has 0 heterocycles. The van der Waals surface area contributed by atoms with E-state index in [1.165, 1.54) is 30.4 Å². The van der Waals surface area contributed by atoms with Crippen molar-refractivity contribution in [3.05, 3.63) is 35.4 Å². The van der Waals surface area contributed by atoms with Crippen molar-refractivity contribution in [2.75, 3.05) is 0 Å². The highest BCUT2D eigenvalue weighted by Crippen LogP contribution is 2.27. The van der Waals surface area contributed by atoms with E-state index in [4.69, 9.17) is 0 Å². The van der Waals surface area contributed by atoms with Crippen LogP contribution in [0.1, 0.15) is 50.3 Å². The Balaban J connectivity index is 1.97. The molecular formula is C15H23N. The summed E-state index contributed by atoms with van der Waals surface area (Å²) in [5.74, 6) is 0.841. The normalized spacial score (nSPS) is 26.9. The van der Waals surface area contributed by atoms with E-state index in [2.05, 4.69) is 50.4 Å². The topological polar surface area (TPSA) is 12.0 Å². The Morgan fingerprint density at radius 1 is 1.19 bits per heavy atom. The minimum absolute atomic E-state index is 0.478. The van der Waals surface area contributed by atoms with Gasteiger partial charge in [0.1, 0.15) is 0 Å². The van der Waals surface area contributed by atoms with Crippen molar-refractivity contribution >= 4 is 0 Å². The van der Waals surface area contributed by atoms with Crippen molar-refractivity contribution in [1.82, 2.24) is 5.32 Å². The zero-order valence-corrected chi connectivity index (χ0v) is 10.7. The molecule has 0 radical (unpaired) electrons. The molecule has 1 N–H and O–H groups in total. The molecule has 1 heteroatoms. The van der Waals surface area contributed by atoms with Crippen molar-refractivity contribution < 1.29 is 0 Å². The molecule has 3 atom stereocenters. The van der Waals surface area contributed by atoms with Crippen LogP contribution in [-0.2, 0) is 0 Å². The fraction of sp³-hybridized carbons (Fsp3) is 0.600. The van der Waals surface area contributed by atoms with E-state index in [-0.39, 0.29) is 0 Å². The Bertz CT molecular complexity index is 328. The lowest BCUT2D eigenvalue weighted by Gasteiger charge is -2.23. The van der Waals surface area contributed by atoms with Crippen LogP contribution in [0.25, 0.3) is 0 Å². The van der Waals surface area contributed by atoms with E-state index in [1.807, 2.05) is 0 Å². The summed E-state index contributed by atoms with van der Waals surface area (Å²) in [6, 6.07) is 10.1. The van der Waals surface area contributed by atoms with Gasteiger partial charge in [0.25, 0.3) is 0 Å². The second kappa shape index (κ2) is 5.01. The van der Waals surface area contributed by atoms with Gasteiger partial charge in [0, 0.05) is 12.1 Å². The summed E-state index contributed by atoms with van der Waals surface area (Å²) in [6.07, 6.45) is 4.12. The summed E-state index contributed by atoms with van der Waals surface area (Å²) in [4.78, 5) is 0. The quantitative estimate of drug-likeness (QED) is 0.811. The Hall–Kier alpha value is -0.820. The smallest absolute Gasteiger partial charge is 0.0294 e. The maximum atomic E-state index is 3.76. The van der Waals surface area contributed by atoms with Crippen molar-refractivity contribution in [3.8, 4) is 0 Å². The highest BCUT2D eigenvalue weighted by atomic mass is 15.0. The molecule has 1 nitrogen and oxygen atoms in total. The maximum absolute atomic E-state index is 3.76. The lowest BCUT2D eigenvalue weighted by atomic mass is 10.0. The minimum atomic E-state index is 0.478. The predicted molar refractivity (Wildman–Crippen MR) is 69.5 cm³/mol. The highest BCUT2D eigenvalue weighted by molar-refractivity contribution is 5.23. The van der Waals surface area contributed by atoms with Gasteiger partial charge < -0.3 is 5.32 Å². The highest BCUT2D eigenvalue weighted by Gasteiger charge is 2.24. The fourth-order valence-electron chi connectivity index (χ4n) is 2.67. The molecule has 0 saturated heterocycles. The molecular weight excluding hydrogens is 194 g/mol. The van der Waals surface area contributed by atoms with Gasteiger partial charge in [-0.15, -0.1) is 0 Å². The first kappa shape index (κ1) is 11.7. The number of hydrogen-bond acceptors (Lipinski definition) is 1. The Morgan fingerprint density at radius 2 is 1.88 bits per heavy atom. The van der Waals surface area contributed by atoms with E-state index in [1.54, 1.807) is 0 Å². The molecule has 16 heavy (non-hydrogen) atoms. The van der Waals surface area contributed by atoms with Crippen molar-refractivity contribution in [2.45, 2.75) is 52.1 Å². The van der Waals surface area contributed by atoms with Crippen LogP contribution in [0, 0.1) is 12.8 Å². The third kappa shape index (κ3) is 2.65. The van der Waals surface area contributed by atoms with Crippen LogP contribution in [0.5, 0.6) is 0 Å². The number of benzene rings is 1. The second-order valence-electron chi connectivity index (χ2n) is 5.31. The van der Waals surface area contributed by atoms with Gasteiger partial charge in [0.15, 0.2) is 0 Å². The van der Waals surface area contributed by atoms with Gasteiger partial charge in [-0.05, 0) is 38.2 Å². The van der Waals surface area contributed by atoms with Crippen LogP contribution >= 0.6 is 0 Å². The van der Waals surface area contributed by atoms with Crippen LogP contribution in [0.3, 0.4) is 0 Å². The lowest BCUT2D eigenvalue weighted by molar-refractivity contribution is 0.388. The van der Waals surface area contributed by atoms with Crippen LogP contribution in [0.2, 0.25) is 0 Å². The minimum Gasteiger partial charge on any atom is -0.307 e. The largest absolute Gasteiger partial charge is 0.307 e. The molecule has 0 amide bonds. The third-order valence-corrected chi connectivity index (χ3v) is 3.90. The van der Waals surface area contributed by atoms with Crippen molar-refractivity contribution in [3.63, 3.8) is 0 Å². The fourth-order valence-corrected chi connectivity index (χ4v) is 2.67. The van der Waals surface area contributed by atoms with Crippen molar-refractivity contribution in [2.24, 2.45) is 5.92 Å². The summed E-state index contributed by atoms with van der Waals surface area (Å²) in [6.45, 7) is 6.78. The Kier molecular flexibility index (Phi) is 3.65. The SMILES string of the molecule is Cc1ccc([C@@H](C)NC2CCCC2C)cc1. The maximum Gasteiger partial charge on any atom is 0.0294 e. The van der Waals surface area contributed by atoms with Gasteiger partial charge in [0.05, 0.1) is 0 Å². The van der Waals surface area contributed by atoms with Gasteiger partial charge in [-0.25, -0.2) is 0 Å². The first-order chi connectivity index (χ1) is 7.66. The molecule has 2 rings (SSSR count). The zero-order valence-electron chi connectivity index (χ0n) is 10.7. The van der Waals surface area contributed by atoms with Crippen LogP contribution < -0.4 is 5.32 Å². The number of aryl methyl sites for hydroxylation is 1. The Labute approximate surface area is 99.3 Å². The molecule has 88 valence electrons. The summed E-state index contributed by atoms with van der Waals surface area (Å²) in [7, 11) is 0. The summed E-state index contributed by atoms with van der Waals surface area (Å²) < 4.78 is 0. The first-order valence-corrected chi connectivity index (χ1v) is 6.49. The molecule has 1 aromatic carbocycles. The molecule has 0 aliphatic heterocycles. The molecule has 1 aliphatic rings. The monoisotopic (exact) mass is 217 g/mol. The third-order valence-electron chi connectivity index (χ3n) is 3.90. The molecule has 0 bridgehead atoms.